The second-order valence-electron chi connectivity index (χ2n) is 42.9. The highest BCUT2D eigenvalue weighted by atomic mass is 127. The molecule has 32 heteroatoms. The molecule has 0 N–H and O–H groups in total. The minimum Gasteiger partial charge on any atom is -0.455 e. The van der Waals surface area contributed by atoms with E-state index in [4.69, 9.17) is 59.7 Å². The molecule has 0 spiro atoms. The maximum absolute atomic E-state index is 16.6. The molecule has 0 bridgehead atoms. The van der Waals surface area contributed by atoms with Gasteiger partial charge in [-0.2, -0.15) is 21.6 Å². The first-order chi connectivity index (χ1) is 55.8. The number of fused-ring (bicyclic) bond motifs is 2. The SMILES string of the molecule is C=C(OS(=O)(=O)C(F)(F)F)C(C)C[C@H]1CC[C@@H]2O[C@@H](CCC(C=CC(O[Si](C)(C)C(C)(C)C)[C@@H]3O[C@H]4CC[C@H](CC(=O)C([C@@H]5[C@@H](OC)[C@@H](CC(CO[Si](C)(C)C(C)(C)C)O[Si](C)(C)C(C)(C)C)O[C@H]5CCO[Si](CC)(CC)CC)S(=O)(=O)c5ccccc5)O[C@@H]4[C@H](O[Si](C)(C)C(C)(C)C)[C@@H]3O[Si](C)(C)C(C)(C)C)OC(=O)c3ccccc3)C[C@]2(CI)O1. The van der Waals surface area contributed by atoms with Gasteiger partial charge in [-0.1, -0.05) is 203 Å². The highest BCUT2D eigenvalue weighted by Gasteiger charge is 2.62. The summed E-state index contributed by atoms with van der Waals surface area (Å²) in [5, 5.41) is -2.97. The number of methoxy groups -OCH3 is 1. The number of hydrogen-bond donors (Lipinski definition) is 0. The maximum atomic E-state index is 16.6. The topological polar surface area (TPSA) is 232 Å². The van der Waals surface area contributed by atoms with Crippen LogP contribution in [0.2, 0.25) is 109 Å². The van der Waals surface area contributed by atoms with Crippen LogP contribution in [0.3, 0.4) is 0 Å². The van der Waals surface area contributed by atoms with Crippen molar-refractivity contribution in [1.29, 1.82) is 0 Å². The summed E-state index contributed by atoms with van der Waals surface area (Å²) in [6.45, 7) is 67.4. The number of carbonyl (C=O) groups is 2. The molecule has 20 nitrogen and oxygen atoms in total. The smallest absolute Gasteiger partial charge is 0.455 e. The lowest BCUT2D eigenvalue weighted by atomic mass is 9.84. The molecule has 0 aliphatic carbocycles. The summed E-state index contributed by atoms with van der Waals surface area (Å²) in [5.74, 6) is -3.40. The van der Waals surface area contributed by atoms with Gasteiger partial charge < -0.3 is 63.9 Å². The van der Waals surface area contributed by atoms with Crippen molar-refractivity contribution < 1.29 is 103 Å². The first-order valence-corrected chi connectivity index (χ1v) is 66.2. The molecule has 5 aliphatic rings. The summed E-state index contributed by atoms with van der Waals surface area (Å²) < 4.78 is 196. The van der Waals surface area contributed by atoms with Crippen LogP contribution in [0.1, 0.15) is 213 Å². The monoisotopic (exact) mass is 1970 g/mol. The summed E-state index contributed by atoms with van der Waals surface area (Å²) in [6.07, 6.45) is -3.37. The average molecular weight is 1970 g/mol. The van der Waals surface area contributed by atoms with Crippen LogP contribution in [-0.4, -0.2) is 211 Å². The summed E-state index contributed by atoms with van der Waals surface area (Å²) in [4.78, 5) is 31.2. The maximum Gasteiger partial charge on any atom is 0.534 e. The molecular formula is C90H156F3IO20S2Si6. The number of hydrogen-bond acceptors (Lipinski definition) is 20. The molecule has 5 aliphatic heterocycles. The molecular weight excluding hydrogens is 1820 g/mol. The molecule has 0 amide bonds. The normalized spacial score (nSPS) is 27.4. The summed E-state index contributed by atoms with van der Waals surface area (Å²) >= 11 is 2.28. The van der Waals surface area contributed by atoms with E-state index in [0.29, 0.717) is 81.0 Å². The zero-order valence-electron chi connectivity index (χ0n) is 79.5. The van der Waals surface area contributed by atoms with Crippen LogP contribution in [-0.2, 0) is 88.6 Å². The fourth-order valence-electron chi connectivity index (χ4n) is 16.0. The molecule has 5 unspecified atom stereocenters. The Bertz CT molecular complexity index is 3980. The highest BCUT2D eigenvalue weighted by molar-refractivity contribution is 14.1. The number of sulfone groups is 1. The lowest BCUT2D eigenvalue weighted by Gasteiger charge is -2.56. The van der Waals surface area contributed by atoms with Crippen molar-refractivity contribution in [1.82, 2.24) is 0 Å². The van der Waals surface area contributed by atoms with Gasteiger partial charge in [0, 0.05) is 49.2 Å². The minimum atomic E-state index is -5.91. The van der Waals surface area contributed by atoms with Gasteiger partial charge in [0.05, 0.1) is 78.1 Å². The number of rotatable bonds is 41. The molecule has 700 valence electrons. The Morgan fingerprint density at radius 3 is 1.67 bits per heavy atom. The van der Waals surface area contributed by atoms with E-state index in [9.17, 15) is 26.4 Å². The number of Topliss-reactive ketones (excluding diaryl/α,β-unsaturated/α-hetero) is 1. The number of ether oxygens (including phenoxy) is 7. The van der Waals surface area contributed by atoms with Crippen molar-refractivity contribution in [2.45, 2.75) is 424 Å². The van der Waals surface area contributed by atoms with Crippen LogP contribution in [0, 0.1) is 11.8 Å². The van der Waals surface area contributed by atoms with E-state index in [2.05, 4.69) is 223 Å². The van der Waals surface area contributed by atoms with Crippen molar-refractivity contribution in [2.24, 2.45) is 11.8 Å². The number of allylic oxidation sites excluding steroid dienone is 1. The molecule has 0 aromatic heterocycles. The highest BCUT2D eigenvalue weighted by Crippen LogP contribution is 2.52. The fraction of sp³-hybridized carbons (Fsp3) is 0.800. The largest absolute Gasteiger partial charge is 0.534 e. The van der Waals surface area contributed by atoms with Gasteiger partial charge in [0.25, 0.3) is 0 Å². The Hall–Kier alpha value is -1.90. The molecule has 0 radical (unpaired) electrons. The average Bonchev–Trinajstić information content (AvgIpc) is 0.931. The summed E-state index contributed by atoms with van der Waals surface area (Å²) in [6, 6.07) is 19.8. The Morgan fingerprint density at radius 1 is 0.615 bits per heavy atom. The van der Waals surface area contributed by atoms with Crippen LogP contribution < -0.4 is 0 Å². The van der Waals surface area contributed by atoms with E-state index in [0.717, 1.165) is 18.1 Å². The number of benzene rings is 2. The summed E-state index contributed by atoms with van der Waals surface area (Å²) in [7, 11) is -24.5. The lowest BCUT2D eigenvalue weighted by molar-refractivity contribution is -0.266. The Morgan fingerprint density at radius 2 is 1.15 bits per heavy atom. The molecule has 2 aromatic rings. The van der Waals surface area contributed by atoms with E-state index >= 15 is 13.2 Å². The fourth-order valence-corrected chi connectivity index (χ4v) is 28.5. The Balaban J connectivity index is 1.32. The predicted molar refractivity (Wildman–Crippen MR) is 502 cm³/mol. The van der Waals surface area contributed by atoms with Crippen molar-refractivity contribution in [3.05, 3.63) is 90.7 Å². The third-order valence-electron chi connectivity index (χ3n) is 29.2. The third-order valence-corrected chi connectivity index (χ3v) is 60.8. The third kappa shape index (κ3) is 26.3. The molecule has 2 aromatic carbocycles. The minimum absolute atomic E-state index is 0.00948. The van der Waals surface area contributed by atoms with Gasteiger partial charge in [0.1, 0.15) is 47.1 Å². The van der Waals surface area contributed by atoms with Crippen molar-refractivity contribution in [3.8, 4) is 0 Å². The Labute approximate surface area is 753 Å². The van der Waals surface area contributed by atoms with Crippen molar-refractivity contribution in [2.75, 3.05) is 24.8 Å². The lowest BCUT2D eigenvalue weighted by Crippen LogP contribution is -2.69. The number of carbonyl (C=O) groups excluding carboxylic acids is 2. The molecule has 0 saturated carbocycles. The number of esters is 1. The zero-order chi connectivity index (χ0) is 92.2. The molecule has 5 heterocycles. The van der Waals surface area contributed by atoms with E-state index in [1.165, 1.54) is 0 Å². The van der Waals surface area contributed by atoms with Gasteiger partial charge in [-0.15, -0.1) is 0 Å². The standard InChI is InChI=1S/C90H156F3IO20S2Si6/c1-32-122(33-2,34-3)102-54-53-71-76(77(101-21)74(107-71)57-68(111-118(24,25)85(9,10)11)59-103-117(22,23)84(6,7)8)82(115(97,98)69-43-39-36-40-44-69)70(95)56-65-48-50-72-78(105-65)80(113-120(28,29)87(15,16)17)81(114-121(30,31)88(18,19)20)79(108-72)73(112-119(26,27)86(12,13)14)51-47-64(106-83(96)63-41-37-35-38-42-63)45-46-67-58-89(60-94)75(104-67)52-49-66(109-89)55-61(4)62(5)110-116(99,100)90(91,92)93/h35-44,47,51,61,64-68,71-82H,5,32-34,45-46,48-50,52-60H2,1-4,6-31H3/t61?,64?,65-,66-,67+,68?,71+,72+,73?,74-,75+,76+,77+,78+,79+,80+,81-,82?,89-/m1/s1. The molecule has 5 fully saturated rings. The summed E-state index contributed by atoms with van der Waals surface area (Å²) in [5.41, 5.74) is -6.04. The van der Waals surface area contributed by atoms with Gasteiger partial charge in [-0.25, -0.2) is 13.2 Å². The first-order valence-electron chi connectivity index (χ1n) is 44.7. The van der Waals surface area contributed by atoms with Gasteiger partial charge in [-0.05, 0) is 191 Å². The molecule has 122 heavy (non-hydrogen) atoms. The van der Waals surface area contributed by atoms with Gasteiger partial charge in [0.2, 0.25) is 0 Å². The number of alkyl halides is 4. The number of ketones is 1. The Kier molecular flexibility index (Phi) is 36.4. The van der Waals surface area contributed by atoms with Crippen molar-refractivity contribution >= 4 is 104 Å². The van der Waals surface area contributed by atoms with Crippen LogP contribution in [0.25, 0.3) is 0 Å². The van der Waals surface area contributed by atoms with Crippen molar-refractivity contribution in [3.63, 3.8) is 0 Å². The van der Waals surface area contributed by atoms with Crippen LogP contribution >= 0.6 is 22.6 Å². The second kappa shape index (κ2) is 41.5. The quantitative estimate of drug-likeness (QED) is 0.00880. The van der Waals surface area contributed by atoms with E-state index in [1.807, 2.05) is 18.2 Å². The van der Waals surface area contributed by atoms with Gasteiger partial charge >= 0.3 is 21.6 Å². The van der Waals surface area contributed by atoms with Crippen LogP contribution in [0.4, 0.5) is 13.2 Å². The van der Waals surface area contributed by atoms with E-state index in [-0.39, 0.29) is 55.1 Å². The van der Waals surface area contributed by atoms with Gasteiger partial charge in [0.15, 0.2) is 65.5 Å². The second-order valence-corrected chi connectivity index (χ2v) is 75.9. The van der Waals surface area contributed by atoms with Gasteiger partial charge in [-0.3, -0.25) is 4.79 Å². The van der Waals surface area contributed by atoms with E-state index < -0.39 is 195 Å². The zero-order valence-corrected chi connectivity index (χ0v) is 89.3. The number of halogens is 4. The molecule has 7 rings (SSSR count). The van der Waals surface area contributed by atoms with Crippen LogP contribution in [0.15, 0.2) is 90.0 Å². The predicted octanol–water partition coefficient (Wildman–Crippen LogP) is 22.4. The van der Waals surface area contributed by atoms with Crippen LogP contribution in [0.5, 0.6) is 0 Å². The molecule has 19 atom stereocenters. The van der Waals surface area contributed by atoms with E-state index in [1.54, 1.807) is 68.6 Å². The molecule has 5 saturated heterocycles. The first kappa shape index (κ1) is 107.